The van der Waals surface area contributed by atoms with Gasteiger partial charge < -0.3 is 14.6 Å². The number of hydrogen-bond acceptors (Lipinski definition) is 3. The monoisotopic (exact) mass is 208 g/mol. The molecular formula is C11H12O4. The molecule has 0 saturated carbocycles. The Morgan fingerprint density at radius 1 is 1.60 bits per heavy atom. The minimum absolute atomic E-state index is 0.0175. The minimum Gasteiger partial charge on any atom is -0.493 e. The molecule has 0 bridgehead atoms. The Morgan fingerprint density at radius 2 is 2.40 bits per heavy atom. The fourth-order valence-corrected chi connectivity index (χ4v) is 1.76. The van der Waals surface area contributed by atoms with Crippen LogP contribution < -0.4 is 9.47 Å². The van der Waals surface area contributed by atoms with E-state index < -0.39 is 5.97 Å². The topological polar surface area (TPSA) is 55.8 Å². The van der Waals surface area contributed by atoms with Gasteiger partial charge in [0, 0.05) is 12.0 Å². The molecule has 15 heavy (non-hydrogen) atoms. The second-order valence-electron chi connectivity index (χ2n) is 3.46. The van der Waals surface area contributed by atoms with E-state index in [1.807, 2.05) is 6.07 Å². The van der Waals surface area contributed by atoms with Crippen molar-refractivity contribution < 1.29 is 19.4 Å². The van der Waals surface area contributed by atoms with Gasteiger partial charge in [-0.15, -0.1) is 0 Å². The molecule has 1 heterocycles. The SMILES string of the molecule is COc1cc(CC(=O)O)cc2c1OCC2. The van der Waals surface area contributed by atoms with Crippen LogP contribution in [0, 0.1) is 0 Å². The van der Waals surface area contributed by atoms with Crippen LogP contribution in [0.15, 0.2) is 12.1 Å². The molecule has 0 saturated heterocycles. The number of fused-ring (bicyclic) bond motifs is 1. The fraction of sp³-hybridized carbons (Fsp3) is 0.364. The summed E-state index contributed by atoms with van der Waals surface area (Å²) in [5, 5.41) is 8.71. The molecule has 0 spiro atoms. The molecule has 1 aromatic carbocycles. The normalized spacial score (nSPS) is 13.1. The van der Waals surface area contributed by atoms with Crippen LogP contribution in [0.25, 0.3) is 0 Å². The van der Waals surface area contributed by atoms with Crippen LogP contribution in [-0.2, 0) is 17.6 Å². The highest BCUT2D eigenvalue weighted by Crippen LogP contribution is 2.36. The van der Waals surface area contributed by atoms with E-state index in [0.29, 0.717) is 12.4 Å². The highest BCUT2D eigenvalue weighted by Gasteiger charge is 2.19. The predicted octanol–water partition coefficient (Wildman–Crippen LogP) is 1.26. The maximum Gasteiger partial charge on any atom is 0.307 e. The third-order valence-corrected chi connectivity index (χ3v) is 2.38. The first kappa shape index (κ1) is 9.83. The Kier molecular flexibility index (Phi) is 2.49. The van der Waals surface area contributed by atoms with E-state index in [4.69, 9.17) is 14.6 Å². The summed E-state index contributed by atoms with van der Waals surface area (Å²) >= 11 is 0. The number of carbonyl (C=O) groups is 1. The lowest BCUT2D eigenvalue weighted by Gasteiger charge is -2.08. The standard InChI is InChI=1S/C11H12O4/c1-14-9-5-7(6-10(12)13)4-8-2-3-15-11(8)9/h4-5H,2-3,6H2,1H3,(H,12,13). The number of benzene rings is 1. The van der Waals surface area contributed by atoms with Crippen molar-refractivity contribution in [3.8, 4) is 11.5 Å². The van der Waals surface area contributed by atoms with Gasteiger partial charge in [-0.1, -0.05) is 6.07 Å². The van der Waals surface area contributed by atoms with E-state index in [0.717, 1.165) is 23.3 Å². The third-order valence-electron chi connectivity index (χ3n) is 2.38. The van der Waals surface area contributed by atoms with Crippen molar-refractivity contribution in [3.63, 3.8) is 0 Å². The van der Waals surface area contributed by atoms with Gasteiger partial charge in [0.25, 0.3) is 0 Å². The summed E-state index contributed by atoms with van der Waals surface area (Å²) in [5.41, 5.74) is 1.79. The molecule has 0 fully saturated rings. The quantitative estimate of drug-likeness (QED) is 0.812. The van der Waals surface area contributed by atoms with Crippen LogP contribution in [0.5, 0.6) is 11.5 Å². The van der Waals surface area contributed by atoms with E-state index in [9.17, 15) is 4.79 Å². The van der Waals surface area contributed by atoms with Gasteiger partial charge in [0.2, 0.25) is 0 Å². The van der Waals surface area contributed by atoms with Crippen molar-refractivity contribution in [2.24, 2.45) is 0 Å². The number of ether oxygens (including phenoxy) is 2. The summed E-state index contributed by atoms with van der Waals surface area (Å²) in [4.78, 5) is 10.6. The van der Waals surface area contributed by atoms with Gasteiger partial charge in [-0.2, -0.15) is 0 Å². The van der Waals surface area contributed by atoms with Crippen LogP contribution in [0.1, 0.15) is 11.1 Å². The number of hydrogen-bond donors (Lipinski definition) is 1. The molecule has 4 heteroatoms. The molecule has 1 aromatic rings. The van der Waals surface area contributed by atoms with E-state index in [1.165, 1.54) is 0 Å². The van der Waals surface area contributed by atoms with Gasteiger partial charge in [-0.25, -0.2) is 0 Å². The number of methoxy groups -OCH3 is 1. The van der Waals surface area contributed by atoms with Crippen LogP contribution >= 0.6 is 0 Å². The molecule has 0 unspecified atom stereocenters. The molecule has 1 N–H and O–H groups in total. The summed E-state index contributed by atoms with van der Waals surface area (Å²) in [6.07, 6.45) is 0.836. The zero-order chi connectivity index (χ0) is 10.8. The summed E-state index contributed by atoms with van der Waals surface area (Å²) in [5.74, 6) is 0.545. The Hall–Kier alpha value is -1.71. The van der Waals surface area contributed by atoms with E-state index >= 15 is 0 Å². The molecule has 1 aliphatic rings. The number of carboxylic acids is 1. The zero-order valence-electron chi connectivity index (χ0n) is 8.45. The molecule has 0 radical (unpaired) electrons. The van der Waals surface area contributed by atoms with Gasteiger partial charge in [-0.05, 0) is 11.6 Å². The largest absolute Gasteiger partial charge is 0.493 e. The summed E-state index contributed by atoms with van der Waals surface area (Å²) < 4.78 is 10.6. The fourth-order valence-electron chi connectivity index (χ4n) is 1.76. The lowest BCUT2D eigenvalue weighted by Crippen LogP contribution is -2.01. The highest BCUT2D eigenvalue weighted by atomic mass is 16.5. The Morgan fingerprint density at radius 3 is 3.07 bits per heavy atom. The van der Waals surface area contributed by atoms with E-state index in [1.54, 1.807) is 13.2 Å². The van der Waals surface area contributed by atoms with Crippen molar-refractivity contribution in [1.29, 1.82) is 0 Å². The van der Waals surface area contributed by atoms with Crippen molar-refractivity contribution in [2.75, 3.05) is 13.7 Å². The molecule has 1 aliphatic heterocycles. The smallest absolute Gasteiger partial charge is 0.307 e. The van der Waals surface area contributed by atoms with Crippen molar-refractivity contribution >= 4 is 5.97 Å². The third kappa shape index (κ3) is 1.88. The Bertz CT molecular complexity index is 398. The number of rotatable bonds is 3. The first-order valence-corrected chi connectivity index (χ1v) is 4.75. The predicted molar refractivity (Wildman–Crippen MR) is 53.5 cm³/mol. The summed E-state index contributed by atoms with van der Waals surface area (Å²) in [6, 6.07) is 3.59. The molecule has 2 rings (SSSR count). The van der Waals surface area contributed by atoms with Crippen LogP contribution in [0.4, 0.5) is 0 Å². The van der Waals surface area contributed by atoms with E-state index in [-0.39, 0.29) is 6.42 Å². The van der Waals surface area contributed by atoms with Crippen molar-refractivity contribution in [3.05, 3.63) is 23.3 Å². The second-order valence-corrected chi connectivity index (χ2v) is 3.46. The highest BCUT2D eigenvalue weighted by molar-refractivity contribution is 5.71. The average molecular weight is 208 g/mol. The zero-order valence-corrected chi connectivity index (χ0v) is 8.45. The molecular weight excluding hydrogens is 196 g/mol. The lowest BCUT2D eigenvalue weighted by molar-refractivity contribution is -0.136. The van der Waals surface area contributed by atoms with Gasteiger partial charge in [0.15, 0.2) is 11.5 Å². The maximum atomic E-state index is 10.6. The number of carboxylic acid groups (broad SMARTS) is 1. The van der Waals surface area contributed by atoms with Gasteiger partial charge in [0.05, 0.1) is 20.1 Å². The molecule has 80 valence electrons. The van der Waals surface area contributed by atoms with Crippen LogP contribution in [0.2, 0.25) is 0 Å². The van der Waals surface area contributed by atoms with Gasteiger partial charge >= 0.3 is 5.97 Å². The molecule has 0 aliphatic carbocycles. The lowest BCUT2D eigenvalue weighted by atomic mass is 10.1. The minimum atomic E-state index is -0.837. The number of aliphatic carboxylic acids is 1. The Balaban J connectivity index is 2.38. The van der Waals surface area contributed by atoms with Gasteiger partial charge in [0.1, 0.15) is 0 Å². The molecule has 4 nitrogen and oxygen atoms in total. The van der Waals surface area contributed by atoms with Crippen molar-refractivity contribution in [2.45, 2.75) is 12.8 Å². The van der Waals surface area contributed by atoms with Crippen LogP contribution in [-0.4, -0.2) is 24.8 Å². The summed E-state index contributed by atoms with van der Waals surface area (Å²) in [7, 11) is 1.56. The first-order chi connectivity index (χ1) is 7.20. The van der Waals surface area contributed by atoms with Crippen LogP contribution in [0.3, 0.4) is 0 Å². The second kappa shape index (κ2) is 3.81. The summed E-state index contributed by atoms with van der Waals surface area (Å²) in [6.45, 7) is 0.641. The average Bonchev–Trinajstić information content (AvgIpc) is 2.63. The maximum absolute atomic E-state index is 10.6. The van der Waals surface area contributed by atoms with E-state index in [2.05, 4.69) is 0 Å². The Labute approximate surface area is 87.4 Å². The molecule has 0 atom stereocenters. The molecule has 0 amide bonds. The van der Waals surface area contributed by atoms with Crippen molar-refractivity contribution in [1.82, 2.24) is 0 Å². The molecule has 0 aromatic heterocycles. The first-order valence-electron chi connectivity index (χ1n) is 4.75. The van der Waals surface area contributed by atoms with Gasteiger partial charge in [-0.3, -0.25) is 4.79 Å².